The molecule has 1 aliphatic rings. The van der Waals surface area contributed by atoms with Crippen molar-refractivity contribution in [1.82, 2.24) is 10.2 Å². The third-order valence-electron chi connectivity index (χ3n) is 1.68. The Hall–Kier alpha value is -1.05. The highest BCUT2D eigenvalue weighted by Gasteiger charge is 2.08. The van der Waals surface area contributed by atoms with Gasteiger partial charge in [0.25, 0.3) is 0 Å². The number of nitrogens with one attached hydrogen (secondary N) is 1. The summed E-state index contributed by atoms with van der Waals surface area (Å²) in [4.78, 5) is 0. The van der Waals surface area contributed by atoms with Crippen LogP contribution in [0.15, 0.2) is 6.08 Å². The van der Waals surface area contributed by atoms with Crippen LogP contribution in [0.5, 0.6) is 0 Å². The number of aromatic nitrogens is 2. The number of aryl methyl sites for hydroxylation is 1. The quantitative estimate of drug-likeness (QED) is 0.549. The second kappa shape index (κ2) is 1.47. The Morgan fingerprint density at radius 3 is 3.33 bits per heavy atom. The van der Waals surface area contributed by atoms with Gasteiger partial charge in [-0.2, -0.15) is 5.10 Å². The zero-order chi connectivity index (χ0) is 6.27. The van der Waals surface area contributed by atoms with Gasteiger partial charge in [0.2, 0.25) is 0 Å². The number of hydrogen-bond donors (Lipinski definition) is 1. The van der Waals surface area contributed by atoms with Crippen LogP contribution >= 0.6 is 0 Å². The number of allylic oxidation sites excluding steroid dienone is 1. The van der Waals surface area contributed by atoms with Crippen LogP contribution < -0.4 is 0 Å². The van der Waals surface area contributed by atoms with Crippen LogP contribution in [0, 0.1) is 6.92 Å². The van der Waals surface area contributed by atoms with Gasteiger partial charge >= 0.3 is 0 Å². The van der Waals surface area contributed by atoms with Crippen molar-refractivity contribution in [2.75, 3.05) is 0 Å². The third kappa shape index (κ3) is 0.529. The van der Waals surface area contributed by atoms with Crippen LogP contribution in [0.3, 0.4) is 0 Å². The molecule has 0 spiro atoms. The minimum absolute atomic E-state index is 1.02. The number of fused-ring (bicyclic) bond motifs is 1. The van der Waals surface area contributed by atoms with Gasteiger partial charge in [-0.1, -0.05) is 12.2 Å². The molecule has 0 aromatic carbocycles. The number of rotatable bonds is 0. The Balaban J connectivity index is 2.67. The minimum atomic E-state index is 1.02. The topological polar surface area (TPSA) is 28.7 Å². The molecule has 46 valence electrons. The average Bonchev–Trinajstić information content (AvgIpc) is 2.35. The van der Waals surface area contributed by atoms with E-state index in [1.165, 1.54) is 11.3 Å². The lowest BCUT2D eigenvalue weighted by molar-refractivity contribution is 0.994. The van der Waals surface area contributed by atoms with Crippen molar-refractivity contribution in [3.63, 3.8) is 0 Å². The van der Waals surface area contributed by atoms with Gasteiger partial charge < -0.3 is 0 Å². The maximum atomic E-state index is 4.06. The molecule has 2 rings (SSSR count). The first kappa shape index (κ1) is 4.79. The molecule has 0 aliphatic heterocycles. The molecule has 1 aromatic heterocycles. The predicted octanol–water partition coefficient (Wildman–Crippen LogP) is 1.29. The Morgan fingerprint density at radius 1 is 1.67 bits per heavy atom. The molecular formula is C7H8N2. The molecule has 0 atom stereocenters. The third-order valence-corrected chi connectivity index (χ3v) is 1.68. The molecule has 0 radical (unpaired) electrons. The van der Waals surface area contributed by atoms with Gasteiger partial charge in [0.05, 0.1) is 5.69 Å². The first-order valence-electron chi connectivity index (χ1n) is 3.08. The SMILES string of the molecule is Cc1n[nH]c2c1C=CC2. The second-order valence-corrected chi connectivity index (χ2v) is 2.31. The number of hydrogen-bond acceptors (Lipinski definition) is 1. The van der Waals surface area contributed by atoms with Crippen LogP contribution in [-0.4, -0.2) is 10.2 Å². The van der Waals surface area contributed by atoms with Gasteiger partial charge in [-0.15, -0.1) is 0 Å². The van der Waals surface area contributed by atoms with E-state index >= 15 is 0 Å². The van der Waals surface area contributed by atoms with Crippen molar-refractivity contribution >= 4 is 6.08 Å². The van der Waals surface area contributed by atoms with E-state index in [4.69, 9.17) is 0 Å². The molecule has 0 saturated heterocycles. The van der Waals surface area contributed by atoms with Crippen LogP contribution in [0.2, 0.25) is 0 Å². The summed E-state index contributed by atoms with van der Waals surface area (Å²) in [7, 11) is 0. The Morgan fingerprint density at radius 2 is 2.56 bits per heavy atom. The summed E-state index contributed by atoms with van der Waals surface area (Å²) in [5.41, 5.74) is 3.65. The van der Waals surface area contributed by atoms with Crippen molar-refractivity contribution in [1.29, 1.82) is 0 Å². The normalized spacial score (nSPS) is 14.3. The monoisotopic (exact) mass is 120 g/mol. The Kier molecular flexibility index (Phi) is 0.781. The first-order chi connectivity index (χ1) is 4.38. The molecule has 0 fully saturated rings. The number of aromatic amines is 1. The number of H-pyrrole nitrogens is 1. The molecule has 0 bridgehead atoms. The molecule has 2 nitrogen and oxygen atoms in total. The lowest BCUT2D eigenvalue weighted by Gasteiger charge is -1.82. The van der Waals surface area contributed by atoms with E-state index in [1.807, 2.05) is 6.92 Å². The highest BCUT2D eigenvalue weighted by atomic mass is 15.1. The van der Waals surface area contributed by atoms with Crippen molar-refractivity contribution in [3.05, 3.63) is 23.0 Å². The Labute approximate surface area is 53.6 Å². The second-order valence-electron chi connectivity index (χ2n) is 2.31. The predicted molar refractivity (Wildman–Crippen MR) is 36.1 cm³/mol. The molecule has 1 aliphatic carbocycles. The zero-order valence-electron chi connectivity index (χ0n) is 5.31. The van der Waals surface area contributed by atoms with Crippen LogP contribution in [-0.2, 0) is 6.42 Å². The van der Waals surface area contributed by atoms with Crippen molar-refractivity contribution in [2.24, 2.45) is 0 Å². The van der Waals surface area contributed by atoms with E-state index in [1.54, 1.807) is 0 Å². The van der Waals surface area contributed by atoms with Gasteiger partial charge in [0, 0.05) is 17.7 Å². The molecule has 0 unspecified atom stereocenters. The summed E-state index contributed by atoms with van der Waals surface area (Å²) in [5.74, 6) is 0. The van der Waals surface area contributed by atoms with E-state index in [-0.39, 0.29) is 0 Å². The summed E-state index contributed by atoms with van der Waals surface area (Å²) in [6.45, 7) is 2.02. The maximum absolute atomic E-state index is 4.06. The molecule has 1 aromatic rings. The van der Waals surface area contributed by atoms with Gasteiger partial charge in [-0.3, -0.25) is 5.10 Å². The standard InChI is InChI=1S/C7H8N2/c1-5-6-3-2-4-7(6)9-8-5/h2-3H,4H2,1H3,(H,8,9). The lowest BCUT2D eigenvalue weighted by Crippen LogP contribution is -1.76. The molecule has 9 heavy (non-hydrogen) atoms. The van der Waals surface area contributed by atoms with Gasteiger partial charge in [-0.25, -0.2) is 0 Å². The fourth-order valence-corrected chi connectivity index (χ4v) is 1.16. The van der Waals surface area contributed by atoms with Crippen molar-refractivity contribution in [2.45, 2.75) is 13.3 Å². The molecule has 1 N–H and O–H groups in total. The van der Waals surface area contributed by atoms with Crippen molar-refractivity contribution in [3.8, 4) is 0 Å². The minimum Gasteiger partial charge on any atom is -0.281 e. The Bertz CT molecular complexity index is 258. The largest absolute Gasteiger partial charge is 0.281 e. The van der Waals surface area contributed by atoms with E-state index in [0.29, 0.717) is 0 Å². The van der Waals surface area contributed by atoms with E-state index < -0.39 is 0 Å². The fourth-order valence-electron chi connectivity index (χ4n) is 1.16. The van der Waals surface area contributed by atoms with E-state index in [0.717, 1.165) is 12.1 Å². The average molecular weight is 120 g/mol. The van der Waals surface area contributed by atoms with Gasteiger partial charge in [0.15, 0.2) is 0 Å². The highest BCUT2D eigenvalue weighted by Crippen LogP contribution is 2.18. The van der Waals surface area contributed by atoms with Gasteiger partial charge in [0.1, 0.15) is 0 Å². The smallest absolute Gasteiger partial charge is 0.0666 e. The molecule has 0 saturated carbocycles. The van der Waals surface area contributed by atoms with E-state index in [9.17, 15) is 0 Å². The highest BCUT2D eigenvalue weighted by molar-refractivity contribution is 5.59. The van der Waals surface area contributed by atoms with Crippen LogP contribution in [0.4, 0.5) is 0 Å². The van der Waals surface area contributed by atoms with Crippen LogP contribution in [0.25, 0.3) is 6.08 Å². The fraction of sp³-hybridized carbons (Fsp3) is 0.286. The number of nitrogens with zero attached hydrogens (tertiary/aromatic N) is 1. The zero-order valence-corrected chi connectivity index (χ0v) is 5.31. The van der Waals surface area contributed by atoms with Gasteiger partial charge in [-0.05, 0) is 6.92 Å². The molecular weight excluding hydrogens is 112 g/mol. The summed E-state index contributed by atoms with van der Waals surface area (Å²) in [6, 6.07) is 0. The summed E-state index contributed by atoms with van der Waals surface area (Å²) in [6.07, 6.45) is 5.29. The van der Waals surface area contributed by atoms with Crippen molar-refractivity contribution < 1.29 is 0 Å². The first-order valence-corrected chi connectivity index (χ1v) is 3.08. The summed E-state index contributed by atoms with van der Waals surface area (Å²) in [5, 5.41) is 7.04. The van der Waals surface area contributed by atoms with Crippen LogP contribution in [0.1, 0.15) is 17.0 Å². The summed E-state index contributed by atoms with van der Waals surface area (Å²) < 4.78 is 0. The maximum Gasteiger partial charge on any atom is 0.0666 e. The molecule has 0 amide bonds. The molecule has 1 heterocycles. The lowest BCUT2D eigenvalue weighted by atomic mass is 10.2. The molecule has 2 heteroatoms. The summed E-state index contributed by atoms with van der Waals surface area (Å²) >= 11 is 0. The van der Waals surface area contributed by atoms with E-state index in [2.05, 4.69) is 22.3 Å².